The molecule has 0 spiro atoms. The Morgan fingerprint density at radius 3 is 1.44 bits per heavy atom. The molecule has 0 bridgehead atoms. The molecule has 0 aromatic heterocycles. The minimum atomic E-state index is -1.77. The SMILES string of the molecule is CC.CC.[CH3][BiH]1([CH3])[CH]2CCCC2CC2CCC[CH]21. The molecule has 0 aromatic rings. The standard InChI is InChI=1S/C11H18.2C2H6.2CH3.Bi.H/c1-2-6-10(5-1)9-11-7-3-4-8-11;2*1-2;;;;/h5,7,10-11H,1-4,6,8-9H2;2*1-2H3;2*1H3;;. The van der Waals surface area contributed by atoms with Crippen LogP contribution in [0.25, 0.3) is 0 Å². The molecule has 0 N–H and O–H groups in total. The molecule has 18 heavy (non-hydrogen) atoms. The van der Waals surface area contributed by atoms with Crippen LogP contribution in [0.4, 0.5) is 0 Å². The van der Waals surface area contributed by atoms with E-state index >= 15 is 0 Å². The molecular weight excluding hydrogens is 413 g/mol. The first-order valence-corrected chi connectivity index (χ1v) is 21.0. The van der Waals surface area contributed by atoms with Crippen molar-refractivity contribution in [3.8, 4) is 0 Å². The molecule has 0 radical (unpaired) electrons. The molecule has 3 rings (SSSR count). The van der Waals surface area contributed by atoms with E-state index in [9.17, 15) is 0 Å². The van der Waals surface area contributed by atoms with Crippen LogP contribution in [0.1, 0.15) is 72.6 Å². The average Bonchev–Trinajstić information content (AvgIpc) is 3.03. The van der Waals surface area contributed by atoms with Gasteiger partial charge in [0.1, 0.15) is 0 Å². The van der Waals surface area contributed by atoms with Gasteiger partial charge in [-0.3, -0.25) is 0 Å². The van der Waals surface area contributed by atoms with Crippen molar-refractivity contribution >= 4 is 20.3 Å². The van der Waals surface area contributed by atoms with Gasteiger partial charge in [0.25, 0.3) is 0 Å². The quantitative estimate of drug-likeness (QED) is 0.384. The van der Waals surface area contributed by atoms with Gasteiger partial charge in [0.2, 0.25) is 0 Å². The van der Waals surface area contributed by atoms with Crippen LogP contribution in [0, 0.1) is 11.8 Å². The Labute approximate surface area is 121 Å². The number of hydrogen-bond acceptors (Lipinski definition) is 0. The molecule has 1 saturated heterocycles. The molecule has 1 heterocycles. The van der Waals surface area contributed by atoms with Crippen LogP contribution in [0.15, 0.2) is 0 Å². The first-order chi connectivity index (χ1) is 8.69. The zero-order chi connectivity index (χ0) is 13.8. The second kappa shape index (κ2) is 7.61. The summed E-state index contributed by atoms with van der Waals surface area (Å²) in [5.74, 6) is 2.43. The van der Waals surface area contributed by atoms with Gasteiger partial charge in [-0.2, -0.15) is 0 Å². The fraction of sp³-hybridized carbons (Fsp3) is 1.00. The van der Waals surface area contributed by atoms with E-state index in [1.807, 2.05) is 27.7 Å². The summed E-state index contributed by atoms with van der Waals surface area (Å²) in [6.07, 6.45) is 11.3. The van der Waals surface area contributed by atoms with Gasteiger partial charge in [-0.1, -0.05) is 27.7 Å². The summed E-state index contributed by atoms with van der Waals surface area (Å²) in [5, 5.41) is 0. The van der Waals surface area contributed by atoms with Crippen LogP contribution in [0.3, 0.4) is 0 Å². The van der Waals surface area contributed by atoms with Crippen molar-refractivity contribution in [3.05, 3.63) is 0 Å². The van der Waals surface area contributed by atoms with Crippen LogP contribution in [-0.2, 0) is 0 Å². The Bertz CT molecular complexity index is 212. The molecule has 2 aliphatic carbocycles. The number of hydrogen-bond donors (Lipinski definition) is 0. The van der Waals surface area contributed by atoms with Crippen molar-refractivity contribution in [1.82, 2.24) is 0 Å². The number of rotatable bonds is 0. The molecule has 110 valence electrons. The number of fused-ring (bicyclic) bond motifs is 2. The van der Waals surface area contributed by atoms with Crippen molar-refractivity contribution in [2.45, 2.75) is 89.2 Å². The first-order valence-electron chi connectivity index (χ1n) is 8.69. The molecule has 1 aliphatic heterocycles. The van der Waals surface area contributed by atoms with E-state index in [1.54, 1.807) is 44.9 Å². The third-order valence-electron chi connectivity index (χ3n) is 5.83. The van der Waals surface area contributed by atoms with Crippen LogP contribution in [-0.4, -0.2) is 20.3 Å². The third kappa shape index (κ3) is 3.13. The normalized spacial score (nSPS) is 41.4. The molecule has 0 aromatic carbocycles. The molecular formula is C17H37Bi. The third-order valence-corrected chi connectivity index (χ3v) is 26.6. The second-order valence-corrected chi connectivity index (χ2v) is 26.6. The topological polar surface area (TPSA) is 0 Å². The first kappa shape index (κ1) is 16.9. The Kier molecular flexibility index (Phi) is 7.16. The average molecular weight is 450 g/mol. The van der Waals surface area contributed by atoms with Crippen molar-refractivity contribution in [2.24, 2.45) is 11.8 Å². The fourth-order valence-corrected chi connectivity index (χ4v) is 26.6. The van der Waals surface area contributed by atoms with Crippen LogP contribution in [0.5, 0.6) is 0 Å². The van der Waals surface area contributed by atoms with Crippen LogP contribution in [0.2, 0.25) is 16.5 Å². The molecule has 0 nitrogen and oxygen atoms in total. The molecule has 3 aliphatic rings. The monoisotopic (exact) mass is 450 g/mol. The summed E-state index contributed by atoms with van der Waals surface area (Å²) in [4.78, 5) is 0. The molecule has 4 atom stereocenters. The summed E-state index contributed by atoms with van der Waals surface area (Å²) in [6, 6.07) is 0. The van der Waals surface area contributed by atoms with Gasteiger partial charge >= 0.3 is 93.6 Å². The van der Waals surface area contributed by atoms with E-state index in [1.165, 1.54) is 19.1 Å². The van der Waals surface area contributed by atoms with Crippen molar-refractivity contribution in [2.75, 3.05) is 0 Å². The predicted molar refractivity (Wildman–Crippen MR) is 88.4 cm³/mol. The zero-order valence-electron chi connectivity index (χ0n) is 13.8. The van der Waals surface area contributed by atoms with E-state index in [2.05, 4.69) is 9.26 Å². The van der Waals surface area contributed by atoms with E-state index in [0.29, 0.717) is 0 Å². The molecule has 3 fully saturated rings. The van der Waals surface area contributed by atoms with Crippen molar-refractivity contribution < 1.29 is 0 Å². The minimum absolute atomic E-state index is 1.21. The summed E-state index contributed by atoms with van der Waals surface area (Å²) in [5.41, 5.74) is 0. The predicted octanol–water partition coefficient (Wildman–Crippen LogP) is 6.22. The maximum absolute atomic E-state index is 2.80. The second-order valence-electron chi connectivity index (χ2n) is 6.65. The van der Waals surface area contributed by atoms with Gasteiger partial charge in [0.15, 0.2) is 0 Å². The van der Waals surface area contributed by atoms with Gasteiger partial charge in [-0.25, -0.2) is 0 Å². The van der Waals surface area contributed by atoms with E-state index in [-0.39, 0.29) is 0 Å². The Morgan fingerprint density at radius 2 is 1.06 bits per heavy atom. The molecule has 0 amide bonds. The molecule has 4 unspecified atom stereocenters. The zero-order valence-corrected chi connectivity index (χ0v) is 17.6. The van der Waals surface area contributed by atoms with Crippen molar-refractivity contribution in [3.63, 3.8) is 0 Å². The van der Waals surface area contributed by atoms with Gasteiger partial charge in [-0.05, 0) is 0 Å². The van der Waals surface area contributed by atoms with E-state index in [4.69, 9.17) is 0 Å². The summed E-state index contributed by atoms with van der Waals surface area (Å²) in [6.45, 7) is 8.00. The molecule has 2 saturated carbocycles. The van der Waals surface area contributed by atoms with Gasteiger partial charge in [0.05, 0.1) is 0 Å². The van der Waals surface area contributed by atoms with Crippen molar-refractivity contribution in [1.29, 1.82) is 0 Å². The van der Waals surface area contributed by atoms with Gasteiger partial charge in [0, 0.05) is 0 Å². The van der Waals surface area contributed by atoms with Crippen LogP contribution >= 0.6 is 0 Å². The summed E-state index contributed by atoms with van der Waals surface area (Å²) < 4.78 is 8.22. The molecule has 1 heteroatoms. The summed E-state index contributed by atoms with van der Waals surface area (Å²) >= 11 is -1.77. The van der Waals surface area contributed by atoms with Gasteiger partial charge < -0.3 is 0 Å². The van der Waals surface area contributed by atoms with E-state index < -0.39 is 20.3 Å². The van der Waals surface area contributed by atoms with E-state index in [0.717, 1.165) is 0 Å². The summed E-state index contributed by atoms with van der Waals surface area (Å²) in [7, 11) is 0. The fourth-order valence-electron chi connectivity index (χ4n) is 5.26. The van der Waals surface area contributed by atoms with Crippen LogP contribution < -0.4 is 0 Å². The Hall–Kier alpha value is 0.883. The maximum atomic E-state index is 2.80. The van der Waals surface area contributed by atoms with Gasteiger partial charge in [-0.15, -0.1) is 0 Å². The Morgan fingerprint density at radius 1 is 0.667 bits per heavy atom. The Balaban J connectivity index is 0.000000371.